The monoisotopic (exact) mass is 333 g/mol. The molecule has 0 aliphatic carbocycles. The Morgan fingerprint density at radius 3 is 2.29 bits per heavy atom. The van der Waals surface area contributed by atoms with Gasteiger partial charge in [-0.05, 0) is 30.0 Å². The Bertz CT molecular complexity index is 1170. The van der Waals surface area contributed by atoms with Gasteiger partial charge in [-0.2, -0.15) is 0 Å². The SMILES string of the molecule is Cc1cnc2c(ccc3ccccc32)c1S(=O)(=O)c1ccccc1. The average molecular weight is 333 g/mol. The average Bonchev–Trinajstić information content (AvgIpc) is 2.61. The van der Waals surface area contributed by atoms with Crippen LogP contribution < -0.4 is 0 Å². The van der Waals surface area contributed by atoms with Crippen molar-refractivity contribution < 1.29 is 8.42 Å². The number of aromatic nitrogens is 1. The number of sulfone groups is 1. The quantitative estimate of drug-likeness (QED) is 0.506. The summed E-state index contributed by atoms with van der Waals surface area (Å²) in [6, 6.07) is 20.2. The molecule has 0 bridgehead atoms. The molecule has 0 saturated heterocycles. The molecule has 4 rings (SSSR count). The zero-order valence-electron chi connectivity index (χ0n) is 13.1. The van der Waals surface area contributed by atoms with Gasteiger partial charge in [-0.25, -0.2) is 8.42 Å². The van der Waals surface area contributed by atoms with E-state index in [4.69, 9.17) is 0 Å². The molecule has 3 aromatic carbocycles. The summed E-state index contributed by atoms with van der Waals surface area (Å²) >= 11 is 0. The lowest BCUT2D eigenvalue weighted by molar-refractivity contribution is 0.596. The predicted octanol–water partition coefficient (Wildman–Crippen LogP) is 4.53. The fraction of sp³-hybridized carbons (Fsp3) is 0.0500. The maximum Gasteiger partial charge on any atom is 0.207 e. The number of pyridine rings is 1. The van der Waals surface area contributed by atoms with Crippen molar-refractivity contribution in [2.45, 2.75) is 16.7 Å². The number of hydrogen-bond acceptors (Lipinski definition) is 3. The van der Waals surface area contributed by atoms with E-state index < -0.39 is 9.84 Å². The molecule has 0 fully saturated rings. The summed E-state index contributed by atoms with van der Waals surface area (Å²) in [5.41, 5.74) is 1.37. The zero-order valence-corrected chi connectivity index (χ0v) is 13.9. The van der Waals surface area contributed by atoms with Crippen molar-refractivity contribution in [3.05, 3.63) is 78.5 Å². The first kappa shape index (κ1) is 14.8. The summed E-state index contributed by atoms with van der Waals surface area (Å²) in [7, 11) is -3.60. The van der Waals surface area contributed by atoms with Crippen LogP contribution in [0.4, 0.5) is 0 Å². The van der Waals surface area contributed by atoms with Crippen LogP contribution in [-0.2, 0) is 9.84 Å². The molecule has 24 heavy (non-hydrogen) atoms. The largest absolute Gasteiger partial charge is 0.255 e. The van der Waals surface area contributed by atoms with E-state index >= 15 is 0 Å². The third-order valence-corrected chi connectivity index (χ3v) is 6.19. The van der Waals surface area contributed by atoms with Gasteiger partial charge in [0.2, 0.25) is 9.84 Å². The lowest BCUT2D eigenvalue weighted by Crippen LogP contribution is -2.06. The Kier molecular flexibility index (Phi) is 3.36. The molecular weight excluding hydrogens is 318 g/mol. The standard InChI is InChI=1S/C20H15NO2S/c1-14-13-21-19-17-10-6-5-7-15(17)11-12-18(19)20(14)24(22,23)16-8-3-2-4-9-16/h2-13H,1H3. The van der Waals surface area contributed by atoms with E-state index in [2.05, 4.69) is 4.98 Å². The molecule has 0 spiro atoms. The van der Waals surface area contributed by atoms with Crippen molar-refractivity contribution in [1.29, 1.82) is 0 Å². The molecule has 1 heterocycles. The van der Waals surface area contributed by atoms with Crippen molar-refractivity contribution in [3.8, 4) is 0 Å². The second-order valence-corrected chi connectivity index (χ2v) is 7.66. The highest BCUT2D eigenvalue weighted by Crippen LogP contribution is 2.33. The minimum atomic E-state index is -3.60. The van der Waals surface area contributed by atoms with Gasteiger partial charge in [-0.3, -0.25) is 4.98 Å². The summed E-state index contributed by atoms with van der Waals surface area (Å²) in [6.45, 7) is 1.79. The molecular formula is C20H15NO2S. The molecule has 118 valence electrons. The van der Waals surface area contributed by atoms with E-state index in [-0.39, 0.29) is 0 Å². The molecule has 0 amide bonds. The highest BCUT2D eigenvalue weighted by Gasteiger charge is 2.23. The van der Waals surface area contributed by atoms with Gasteiger partial charge in [0.1, 0.15) is 0 Å². The van der Waals surface area contributed by atoms with Crippen LogP contribution in [0.3, 0.4) is 0 Å². The predicted molar refractivity (Wildman–Crippen MR) is 95.9 cm³/mol. The minimum Gasteiger partial charge on any atom is -0.255 e. The Labute approximate surface area is 140 Å². The second-order valence-electron chi connectivity index (χ2n) is 5.77. The summed E-state index contributed by atoms with van der Waals surface area (Å²) in [5, 5.41) is 2.67. The molecule has 0 atom stereocenters. The highest BCUT2D eigenvalue weighted by atomic mass is 32.2. The van der Waals surface area contributed by atoms with Crippen LogP contribution in [-0.4, -0.2) is 13.4 Å². The van der Waals surface area contributed by atoms with Crippen LogP contribution >= 0.6 is 0 Å². The van der Waals surface area contributed by atoms with E-state index in [9.17, 15) is 8.42 Å². The fourth-order valence-corrected chi connectivity index (χ4v) is 4.77. The van der Waals surface area contributed by atoms with Crippen molar-refractivity contribution >= 4 is 31.5 Å². The van der Waals surface area contributed by atoms with Gasteiger partial charge < -0.3 is 0 Å². The topological polar surface area (TPSA) is 47.0 Å². The normalized spacial score (nSPS) is 11.9. The van der Waals surface area contributed by atoms with Gasteiger partial charge in [0.05, 0.1) is 15.3 Å². The van der Waals surface area contributed by atoms with Crippen molar-refractivity contribution in [2.24, 2.45) is 0 Å². The van der Waals surface area contributed by atoms with Gasteiger partial charge >= 0.3 is 0 Å². The number of benzene rings is 3. The van der Waals surface area contributed by atoms with Crippen LogP contribution in [0.2, 0.25) is 0 Å². The minimum absolute atomic E-state index is 0.300. The Morgan fingerprint density at radius 2 is 1.50 bits per heavy atom. The van der Waals surface area contributed by atoms with Crippen LogP contribution in [0, 0.1) is 6.92 Å². The van der Waals surface area contributed by atoms with Gasteiger partial charge in [0, 0.05) is 17.0 Å². The van der Waals surface area contributed by atoms with E-state index in [0.717, 1.165) is 10.8 Å². The number of aryl methyl sites for hydroxylation is 1. The number of nitrogens with zero attached hydrogens (tertiary/aromatic N) is 1. The van der Waals surface area contributed by atoms with E-state index in [1.807, 2.05) is 42.5 Å². The summed E-state index contributed by atoms with van der Waals surface area (Å²) in [5.74, 6) is 0. The first-order chi connectivity index (χ1) is 11.6. The van der Waals surface area contributed by atoms with Crippen LogP contribution in [0.1, 0.15) is 5.56 Å². The maximum absolute atomic E-state index is 13.2. The third-order valence-electron chi connectivity index (χ3n) is 4.21. The van der Waals surface area contributed by atoms with Crippen molar-refractivity contribution in [3.63, 3.8) is 0 Å². The molecule has 0 N–H and O–H groups in total. The molecule has 0 saturated carbocycles. The number of fused-ring (bicyclic) bond motifs is 3. The molecule has 4 heteroatoms. The first-order valence-corrected chi connectivity index (χ1v) is 9.14. The van der Waals surface area contributed by atoms with Gasteiger partial charge in [0.25, 0.3) is 0 Å². The molecule has 0 aliphatic heterocycles. The smallest absolute Gasteiger partial charge is 0.207 e. The van der Waals surface area contributed by atoms with E-state index in [1.54, 1.807) is 37.4 Å². The summed E-state index contributed by atoms with van der Waals surface area (Å²) < 4.78 is 26.4. The van der Waals surface area contributed by atoms with Crippen molar-refractivity contribution in [2.75, 3.05) is 0 Å². The summed E-state index contributed by atoms with van der Waals surface area (Å²) in [6.07, 6.45) is 1.64. The van der Waals surface area contributed by atoms with Crippen LogP contribution in [0.25, 0.3) is 21.7 Å². The molecule has 0 aliphatic rings. The maximum atomic E-state index is 13.2. The van der Waals surface area contributed by atoms with Gasteiger partial charge in [0.15, 0.2) is 0 Å². The third kappa shape index (κ3) is 2.19. The Hall–Kier alpha value is -2.72. The highest BCUT2D eigenvalue weighted by molar-refractivity contribution is 7.91. The Morgan fingerprint density at radius 1 is 0.792 bits per heavy atom. The summed E-state index contributed by atoms with van der Waals surface area (Å²) in [4.78, 5) is 5.15. The lowest BCUT2D eigenvalue weighted by Gasteiger charge is -2.12. The molecule has 3 nitrogen and oxygen atoms in total. The lowest BCUT2D eigenvalue weighted by atomic mass is 10.1. The van der Waals surface area contributed by atoms with Gasteiger partial charge in [-0.1, -0.05) is 54.6 Å². The first-order valence-electron chi connectivity index (χ1n) is 7.66. The Balaban J connectivity index is 2.13. The number of hydrogen-bond donors (Lipinski definition) is 0. The van der Waals surface area contributed by atoms with Crippen LogP contribution in [0.5, 0.6) is 0 Å². The van der Waals surface area contributed by atoms with E-state index in [1.165, 1.54) is 0 Å². The second kappa shape index (κ2) is 5.42. The molecule has 0 unspecified atom stereocenters. The molecule has 0 radical (unpaired) electrons. The van der Waals surface area contributed by atoms with Crippen molar-refractivity contribution in [1.82, 2.24) is 4.98 Å². The molecule has 1 aromatic heterocycles. The fourth-order valence-electron chi connectivity index (χ4n) is 3.08. The zero-order chi connectivity index (χ0) is 16.7. The molecule has 4 aromatic rings. The number of rotatable bonds is 2. The van der Waals surface area contributed by atoms with Crippen LogP contribution in [0.15, 0.2) is 82.7 Å². The van der Waals surface area contributed by atoms with Gasteiger partial charge in [-0.15, -0.1) is 0 Å². The van der Waals surface area contributed by atoms with E-state index in [0.29, 0.717) is 26.3 Å².